The highest BCUT2D eigenvalue weighted by molar-refractivity contribution is 6.68. The van der Waals surface area contributed by atoms with Gasteiger partial charge in [0.15, 0.2) is 0 Å². The zero-order valence-electron chi connectivity index (χ0n) is 8.09. The first-order valence-corrected chi connectivity index (χ1v) is 4.88. The molecule has 0 aliphatic rings. The SMILES string of the molecule is O=C(Cl)c1cc(Cl)cc(C(F)(F)F)c1C(F)(F)F. The molecule has 0 N–H and O–H groups in total. The van der Waals surface area contributed by atoms with E-state index < -0.39 is 39.3 Å². The van der Waals surface area contributed by atoms with Crippen LogP contribution in [-0.4, -0.2) is 5.24 Å². The molecule has 1 rings (SSSR count). The van der Waals surface area contributed by atoms with Crippen LogP contribution in [0, 0.1) is 0 Å². The first kappa shape index (κ1) is 15.1. The Morgan fingerprint density at radius 3 is 1.83 bits per heavy atom. The Balaban J connectivity index is 3.76. The van der Waals surface area contributed by atoms with Crippen LogP contribution in [0.3, 0.4) is 0 Å². The standard InChI is InChI=1S/C9H2Cl2F6O/c10-3-1-4(7(11)18)6(9(15,16)17)5(2-3)8(12,13)14/h1-2H. The average Bonchev–Trinajstić information content (AvgIpc) is 2.12. The van der Waals surface area contributed by atoms with E-state index in [-0.39, 0.29) is 6.07 Å². The summed E-state index contributed by atoms with van der Waals surface area (Å²) in [5, 5.41) is -2.34. The van der Waals surface area contributed by atoms with Gasteiger partial charge in [-0.1, -0.05) is 11.6 Å². The van der Waals surface area contributed by atoms with E-state index in [4.69, 9.17) is 23.2 Å². The van der Waals surface area contributed by atoms with Gasteiger partial charge in [-0.3, -0.25) is 4.79 Å². The molecule has 18 heavy (non-hydrogen) atoms. The topological polar surface area (TPSA) is 17.1 Å². The van der Waals surface area contributed by atoms with Crippen LogP contribution in [0.25, 0.3) is 0 Å². The minimum absolute atomic E-state index is 0.0910. The van der Waals surface area contributed by atoms with E-state index >= 15 is 0 Å². The number of benzene rings is 1. The second-order valence-corrected chi connectivity index (χ2v) is 3.92. The number of carbonyl (C=O) groups excluding carboxylic acids is 1. The smallest absolute Gasteiger partial charge is 0.276 e. The van der Waals surface area contributed by atoms with Crippen LogP contribution in [0.1, 0.15) is 21.5 Å². The van der Waals surface area contributed by atoms with Crippen molar-refractivity contribution in [2.24, 2.45) is 0 Å². The molecule has 0 heterocycles. The van der Waals surface area contributed by atoms with Crippen molar-refractivity contribution in [1.82, 2.24) is 0 Å². The fourth-order valence-electron chi connectivity index (χ4n) is 1.29. The van der Waals surface area contributed by atoms with Crippen LogP contribution in [-0.2, 0) is 12.4 Å². The third kappa shape index (κ3) is 3.08. The number of rotatable bonds is 1. The molecule has 0 unspecified atom stereocenters. The van der Waals surface area contributed by atoms with Crippen molar-refractivity contribution in [3.05, 3.63) is 33.8 Å². The van der Waals surface area contributed by atoms with Gasteiger partial charge in [0.2, 0.25) is 0 Å². The normalized spacial score (nSPS) is 12.7. The Hall–Kier alpha value is -0.950. The summed E-state index contributed by atoms with van der Waals surface area (Å²) in [4.78, 5) is 10.8. The first-order valence-electron chi connectivity index (χ1n) is 4.12. The summed E-state index contributed by atoms with van der Waals surface area (Å²) in [6.07, 6.45) is -10.7. The monoisotopic (exact) mass is 310 g/mol. The van der Waals surface area contributed by atoms with Gasteiger partial charge in [0, 0.05) is 10.6 Å². The molecule has 100 valence electrons. The third-order valence-corrected chi connectivity index (χ3v) is 2.33. The summed E-state index contributed by atoms with van der Waals surface area (Å²) >= 11 is 10.1. The van der Waals surface area contributed by atoms with Crippen LogP contribution in [0.4, 0.5) is 26.3 Å². The second kappa shape index (κ2) is 4.62. The molecule has 0 fully saturated rings. The molecule has 0 aliphatic heterocycles. The van der Waals surface area contributed by atoms with Gasteiger partial charge in [-0.25, -0.2) is 0 Å². The minimum atomic E-state index is -5.38. The molecule has 0 spiro atoms. The van der Waals surface area contributed by atoms with Gasteiger partial charge in [0.05, 0.1) is 11.1 Å². The zero-order chi connectivity index (χ0) is 14.3. The number of halogens is 8. The predicted octanol–water partition coefficient (Wildman–Crippen LogP) is 4.76. The van der Waals surface area contributed by atoms with Crippen molar-refractivity contribution in [2.75, 3.05) is 0 Å². The van der Waals surface area contributed by atoms with Crippen molar-refractivity contribution in [1.29, 1.82) is 0 Å². The molecule has 1 aromatic rings. The maximum Gasteiger partial charge on any atom is 0.417 e. The van der Waals surface area contributed by atoms with E-state index in [0.717, 1.165) is 0 Å². The quantitative estimate of drug-likeness (QED) is 0.540. The molecular formula is C9H2Cl2F6O. The predicted molar refractivity (Wildman–Crippen MR) is 51.6 cm³/mol. The number of alkyl halides is 6. The van der Waals surface area contributed by atoms with Crippen molar-refractivity contribution in [3.8, 4) is 0 Å². The minimum Gasteiger partial charge on any atom is -0.276 e. The van der Waals surface area contributed by atoms with Gasteiger partial charge in [-0.05, 0) is 23.7 Å². The molecule has 1 nitrogen and oxygen atoms in total. The van der Waals surface area contributed by atoms with Gasteiger partial charge >= 0.3 is 12.4 Å². The van der Waals surface area contributed by atoms with E-state index in [2.05, 4.69) is 0 Å². The Morgan fingerprint density at radius 2 is 1.50 bits per heavy atom. The molecule has 0 aromatic heterocycles. The summed E-state index contributed by atoms with van der Waals surface area (Å²) in [5.41, 5.74) is -5.52. The maximum absolute atomic E-state index is 12.6. The van der Waals surface area contributed by atoms with Crippen LogP contribution in [0.5, 0.6) is 0 Å². The lowest BCUT2D eigenvalue weighted by atomic mass is 10.0. The van der Waals surface area contributed by atoms with Gasteiger partial charge < -0.3 is 0 Å². The van der Waals surface area contributed by atoms with Crippen LogP contribution < -0.4 is 0 Å². The fourth-order valence-corrected chi connectivity index (χ4v) is 1.66. The summed E-state index contributed by atoms with van der Waals surface area (Å²) in [7, 11) is 0. The van der Waals surface area contributed by atoms with Crippen molar-refractivity contribution < 1.29 is 31.1 Å². The third-order valence-electron chi connectivity index (χ3n) is 1.90. The summed E-state index contributed by atoms with van der Waals surface area (Å²) in [6.45, 7) is 0. The molecule has 0 atom stereocenters. The molecule has 9 heteroatoms. The lowest BCUT2D eigenvalue weighted by molar-refractivity contribution is -0.162. The average molecular weight is 311 g/mol. The lowest BCUT2D eigenvalue weighted by Gasteiger charge is -2.18. The van der Waals surface area contributed by atoms with Crippen LogP contribution in [0.2, 0.25) is 5.02 Å². The molecule has 0 radical (unpaired) electrons. The molecule has 0 aliphatic carbocycles. The van der Waals surface area contributed by atoms with Crippen molar-refractivity contribution >= 4 is 28.4 Å². The Kier molecular flexibility index (Phi) is 3.88. The number of hydrogen-bond donors (Lipinski definition) is 0. The zero-order valence-corrected chi connectivity index (χ0v) is 9.60. The van der Waals surface area contributed by atoms with E-state index in [1.54, 1.807) is 0 Å². The highest BCUT2D eigenvalue weighted by Gasteiger charge is 2.46. The van der Waals surface area contributed by atoms with Crippen molar-refractivity contribution in [3.63, 3.8) is 0 Å². The number of hydrogen-bond acceptors (Lipinski definition) is 1. The van der Waals surface area contributed by atoms with Crippen molar-refractivity contribution in [2.45, 2.75) is 12.4 Å². The lowest BCUT2D eigenvalue weighted by Crippen LogP contribution is -2.20. The molecule has 0 saturated carbocycles. The van der Waals surface area contributed by atoms with Crippen LogP contribution in [0.15, 0.2) is 12.1 Å². The van der Waals surface area contributed by atoms with Gasteiger partial charge in [-0.2, -0.15) is 26.3 Å². The van der Waals surface area contributed by atoms with Gasteiger partial charge in [-0.15, -0.1) is 0 Å². The fraction of sp³-hybridized carbons (Fsp3) is 0.222. The second-order valence-electron chi connectivity index (χ2n) is 3.15. The molecule has 0 amide bonds. The van der Waals surface area contributed by atoms with E-state index in [1.807, 2.05) is 0 Å². The first-order chi connectivity index (χ1) is 7.94. The largest absolute Gasteiger partial charge is 0.417 e. The number of carbonyl (C=O) groups is 1. The molecule has 1 aromatic carbocycles. The van der Waals surface area contributed by atoms with Gasteiger partial charge in [0.1, 0.15) is 0 Å². The summed E-state index contributed by atoms with van der Waals surface area (Å²) in [6, 6.07) is 0.530. The highest BCUT2D eigenvalue weighted by atomic mass is 35.5. The molecular weight excluding hydrogens is 309 g/mol. The Morgan fingerprint density at radius 1 is 1.00 bits per heavy atom. The van der Waals surface area contributed by atoms with Crippen LogP contribution >= 0.6 is 23.2 Å². The summed E-state index contributed by atoms with van der Waals surface area (Å²) < 4.78 is 75.2. The molecule has 0 bridgehead atoms. The van der Waals surface area contributed by atoms with Gasteiger partial charge in [0.25, 0.3) is 5.24 Å². The Bertz CT molecular complexity index is 491. The molecule has 0 saturated heterocycles. The highest BCUT2D eigenvalue weighted by Crippen LogP contribution is 2.43. The van der Waals surface area contributed by atoms with E-state index in [0.29, 0.717) is 6.07 Å². The summed E-state index contributed by atoms with van der Waals surface area (Å²) in [5.74, 6) is 0. The van der Waals surface area contributed by atoms with E-state index in [1.165, 1.54) is 0 Å². The van der Waals surface area contributed by atoms with E-state index in [9.17, 15) is 31.1 Å². The maximum atomic E-state index is 12.6. The Labute approximate surface area is 106 Å².